The minimum Gasteiger partial charge on any atom is -0.496 e. The third-order valence-electron chi connectivity index (χ3n) is 5.85. The van der Waals surface area contributed by atoms with E-state index in [0.29, 0.717) is 28.0 Å². The maximum Gasteiger partial charge on any atom is 0.466 e. The topological polar surface area (TPSA) is 97.4 Å². The average molecular weight is 511 g/mol. The molecule has 3 aromatic rings. The van der Waals surface area contributed by atoms with Crippen molar-refractivity contribution in [1.29, 1.82) is 0 Å². The van der Waals surface area contributed by atoms with Crippen LogP contribution in [0.3, 0.4) is 0 Å². The van der Waals surface area contributed by atoms with E-state index in [4.69, 9.17) is 23.7 Å². The molecule has 1 atom stereocenters. The van der Waals surface area contributed by atoms with Gasteiger partial charge >= 0.3 is 13.3 Å². The van der Waals surface area contributed by atoms with Crippen molar-refractivity contribution in [3.8, 4) is 28.7 Å². The van der Waals surface area contributed by atoms with Gasteiger partial charge in [0.2, 0.25) is 0 Å². The Bertz CT molecular complexity index is 1280. The Kier molecular flexibility index (Phi) is 8.33. The number of ketones is 1. The fraction of sp³-hybridized carbons (Fsp3) is 0.259. The van der Waals surface area contributed by atoms with Gasteiger partial charge in [0, 0.05) is 34.4 Å². The third kappa shape index (κ3) is 4.64. The third-order valence-corrected chi connectivity index (χ3v) is 7.29. The molecule has 3 rings (SSSR count). The molecule has 9 heteroatoms. The summed E-state index contributed by atoms with van der Waals surface area (Å²) in [4.78, 5) is 27.2. The molecule has 0 aliphatic heterocycles. The highest BCUT2D eigenvalue weighted by molar-refractivity contribution is 7.72. The Labute approximate surface area is 210 Å². The summed E-state index contributed by atoms with van der Waals surface area (Å²) in [6.45, 7) is 3.36. The first-order valence-corrected chi connectivity index (χ1v) is 12.2. The summed E-state index contributed by atoms with van der Waals surface area (Å²) in [6.07, 6.45) is 0. The predicted molar refractivity (Wildman–Crippen MR) is 137 cm³/mol. The standard InChI is InChI=1S/C27H28O8P/c1-15-21(23(28)17-11-9-8-10-12-17)16(2)25(35-7)22(24(15)34-6)27(29)36(30)26-19(32-4)13-18(31-3)14-20(26)33-5/h8-14H,1-7H3/q+1. The smallest absolute Gasteiger partial charge is 0.466 e. The first kappa shape index (κ1) is 26.7. The summed E-state index contributed by atoms with van der Waals surface area (Å²) in [5, 5.41) is 0.0738. The van der Waals surface area contributed by atoms with Gasteiger partial charge in [0.15, 0.2) is 22.8 Å². The van der Waals surface area contributed by atoms with Crippen LogP contribution < -0.4 is 29.0 Å². The highest BCUT2D eigenvalue weighted by Gasteiger charge is 2.44. The van der Waals surface area contributed by atoms with Gasteiger partial charge in [-0.3, -0.25) is 4.79 Å². The second kappa shape index (κ2) is 11.2. The number of ether oxygens (including phenoxy) is 5. The van der Waals surface area contributed by atoms with Crippen LogP contribution in [0.2, 0.25) is 0 Å². The highest BCUT2D eigenvalue weighted by atomic mass is 31.1. The van der Waals surface area contributed by atoms with Gasteiger partial charge in [-0.05, 0) is 13.8 Å². The van der Waals surface area contributed by atoms with Crippen molar-refractivity contribution in [2.24, 2.45) is 0 Å². The van der Waals surface area contributed by atoms with E-state index in [2.05, 4.69) is 0 Å². The largest absolute Gasteiger partial charge is 0.496 e. The lowest BCUT2D eigenvalue weighted by molar-refractivity contribution is 0.103. The van der Waals surface area contributed by atoms with Crippen molar-refractivity contribution >= 4 is 24.4 Å². The summed E-state index contributed by atoms with van der Waals surface area (Å²) in [5.74, 6) is 0.719. The van der Waals surface area contributed by atoms with Crippen LogP contribution in [-0.2, 0) is 4.57 Å². The summed E-state index contributed by atoms with van der Waals surface area (Å²) in [5.41, 5.74) is 0.910. The molecular weight excluding hydrogens is 483 g/mol. The number of hydrogen-bond donors (Lipinski definition) is 0. The van der Waals surface area contributed by atoms with Gasteiger partial charge in [0.05, 0.1) is 35.5 Å². The lowest BCUT2D eigenvalue weighted by Crippen LogP contribution is -2.16. The van der Waals surface area contributed by atoms with Gasteiger partial charge in [-0.15, -0.1) is 0 Å². The van der Waals surface area contributed by atoms with E-state index in [0.717, 1.165) is 0 Å². The first-order chi connectivity index (χ1) is 17.2. The van der Waals surface area contributed by atoms with Crippen molar-refractivity contribution in [3.05, 3.63) is 70.3 Å². The van der Waals surface area contributed by atoms with Gasteiger partial charge < -0.3 is 23.7 Å². The number of benzene rings is 3. The number of carbonyl (C=O) groups is 2. The molecule has 0 heterocycles. The quantitative estimate of drug-likeness (QED) is 0.281. The summed E-state index contributed by atoms with van der Waals surface area (Å²) in [6, 6.07) is 11.8. The molecule has 0 bridgehead atoms. The zero-order chi connectivity index (χ0) is 26.6. The van der Waals surface area contributed by atoms with E-state index in [-0.39, 0.29) is 39.6 Å². The van der Waals surface area contributed by atoms with Crippen molar-refractivity contribution in [2.75, 3.05) is 35.5 Å². The fourth-order valence-electron chi connectivity index (χ4n) is 4.16. The van der Waals surface area contributed by atoms with Crippen LogP contribution in [0.5, 0.6) is 28.7 Å². The summed E-state index contributed by atoms with van der Waals surface area (Å²) >= 11 is 0. The number of hydrogen-bond acceptors (Lipinski definition) is 8. The number of rotatable bonds is 10. The first-order valence-electron chi connectivity index (χ1n) is 10.9. The molecule has 0 saturated heterocycles. The van der Waals surface area contributed by atoms with E-state index in [9.17, 15) is 14.2 Å². The van der Waals surface area contributed by atoms with Gasteiger partial charge in [-0.1, -0.05) is 34.9 Å². The molecule has 0 aliphatic rings. The van der Waals surface area contributed by atoms with Crippen LogP contribution in [0.25, 0.3) is 0 Å². The zero-order valence-electron chi connectivity index (χ0n) is 21.3. The SMILES string of the molecule is COc1cc(OC)c([P+](=O)C(=O)c2c(OC)c(C)c(C(=O)c3ccccc3)c(C)c2OC)c(OC)c1. The van der Waals surface area contributed by atoms with Crippen LogP contribution in [-0.4, -0.2) is 46.9 Å². The molecule has 0 fully saturated rings. The zero-order valence-corrected chi connectivity index (χ0v) is 22.1. The van der Waals surface area contributed by atoms with Crippen LogP contribution >= 0.6 is 7.80 Å². The number of carbonyl (C=O) groups excluding carboxylic acids is 2. The normalized spacial score (nSPS) is 10.9. The van der Waals surface area contributed by atoms with Crippen molar-refractivity contribution in [3.63, 3.8) is 0 Å². The molecule has 0 amide bonds. The molecule has 0 spiro atoms. The maximum atomic E-state index is 13.8. The van der Waals surface area contributed by atoms with E-state index in [1.165, 1.54) is 47.7 Å². The maximum absolute atomic E-state index is 13.8. The Morgan fingerprint density at radius 1 is 0.694 bits per heavy atom. The highest BCUT2D eigenvalue weighted by Crippen LogP contribution is 2.46. The Hall–Kier alpha value is -3.90. The predicted octanol–water partition coefficient (Wildman–Crippen LogP) is 4.87. The summed E-state index contributed by atoms with van der Waals surface area (Å²) < 4.78 is 40.9. The van der Waals surface area contributed by atoms with Gasteiger partial charge in [-0.2, -0.15) is 0 Å². The van der Waals surface area contributed by atoms with E-state index in [1.54, 1.807) is 38.1 Å². The molecule has 0 N–H and O–H groups in total. The van der Waals surface area contributed by atoms with Gasteiger partial charge in [-0.25, -0.2) is 4.79 Å². The Morgan fingerprint density at radius 2 is 1.19 bits per heavy atom. The van der Waals surface area contributed by atoms with E-state index >= 15 is 0 Å². The monoisotopic (exact) mass is 511 g/mol. The molecule has 36 heavy (non-hydrogen) atoms. The molecule has 0 saturated carbocycles. The molecular formula is C27H28O8P+. The molecule has 0 radical (unpaired) electrons. The van der Waals surface area contributed by atoms with Crippen molar-refractivity contribution in [1.82, 2.24) is 0 Å². The minimum absolute atomic E-state index is 0.0272. The van der Waals surface area contributed by atoms with E-state index < -0.39 is 13.3 Å². The van der Waals surface area contributed by atoms with Crippen LogP contribution in [0, 0.1) is 13.8 Å². The fourth-order valence-corrected chi connectivity index (χ4v) is 5.48. The summed E-state index contributed by atoms with van der Waals surface area (Å²) in [7, 11) is 4.26. The van der Waals surface area contributed by atoms with E-state index in [1.807, 2.05) is 6.07 Å². The lowest BCUT2D eigenvalue weighted by atomic mass is 9.91. The molecule has 1 unspecified atom stereocenters. The average Bonchev–Trinajstić information content (AvgIpc) is 2.91. The Balaban J connectivity index is 2.25. The molecule has 8 nitrogen and oxygen atoms in total. The van der Waals surface area contributed by atoms with Crippen LogP contribution in [0.4, 0.5) is 0 Å². The Morgan fingerprint density at radius 3 is 1.61 bits per heavy atom. The number of methoxy groups -OCH3 is 5. The lowest BCUT2D eigenvalue weighted by Gasteiger charge is -2.19. The van der Waals surface area contributed by atoms with Crippen molar-refractivity contribution < 1.29 is 37.8 Å². The molecule has 3 aromatic carbocycles. The second-order valence-electron chi connectivity index (χ2n) is 7.74. The van der Waals surface area contributed by atoms with Crippen molar-refractivity contribution in [2.45, 2.75) is 13.8 Å². The van der Waals surface area contributed by atoms with Crippen LogP contribution in [0.1, 0.15) is 37.4 Å². The second-order valence-corrected chi connectivity index (χ2v) is 9.18. The molecule has 188 valence electrons. The molecule has 0 aromatic heterocycles. The minimum atomic E-state index is -2.76. The van der Waals surface area contributed by atoms with Gasteiger partial charge in [0.1, 0.15) is 17.2 Å². The van der Waals surface area contributed by atoms with Crippen LogP contribution in [0.15, 0.2) is 42.5 Å². The van der Waals surface area contributed by atoms with Gasteiger partial charge in [0.25, 0.3) is 5.30 Å². The molecule has 0 aliphatic carbocycles.